The van der Waals surface area contributed by atoms with Crippen LogP contribution in [0.4, 0.5) is 4.79 Å². The molecule has 0 radical (unpaired) electrons. The summed E-state index contributed by atoms with van der Waals surface area (Å²) in [5, 5.41) is 3.71. The van der Waals surface area contributed by atoms with Gasteiger partial charge in [0.1, 0.15) is 5.60 Å². The van der Waals surface area contributed by atoms with Gasteiger partial charge in [0.15, 0.2) is 0 Å². The normalized spacial score (nSPS) is 28.3. The molecule has 0 aromatic carbocycles. The molecule has 2 atom stereocenters. The van der Waals surface area contributed by atoms with Crippen LogP contribution >= 0.6 is 0 Å². The number of rotatable bonds is 3. The Bertz CT molecular complexity index is 319. The van der Waals surface area contributed by atoms with Crippen molar-refractivity contribution in [3.63, 3.8) is 0 Å². The van der Waals surface area contributed by atoms with Gasteiger partial charge in [-0.15, -0.1) is 0 Å². The molecule has 2 aliphatic rings. The summed E-state index contributed by atoms with van der Waals surface area (Å²) in [5.74, 6) is 0.829. The fourth-order valence-electron chi connectivity index (χ4n) is 3.11. The molecule has 0 spiro atoms. The third-order valence-electron chi connectivity index (χ3n) is 4.17. The summed E-state index contributed by atoms with van der Waals surface area (Å²) in [6.45, 7) is 9.59. The molecule has 1 saturated heterocycles. The van der Waals surface area contributed by atoms with E-state index in [0.717, 1.165) is 19.0 Å². The number of hydrogen-bond donors (Lipinski definition) is 1. The van der Waals surface area contributed by atoms with Crippen molar-refractivity contribution in [3.8, 4) is 0 Å². The number of carbonyl (C=O) groups excluding carboxylic acids is 1. The van der Waals surface area contributed by atoms with Crippen molar-refractivity contribution in [2.24, 2.45) is 5.92 Å². The average molecular weight is 268 g/mol. The predicted molar refractivity (Wildman–Crippen MR) is 76.2 cm³/mol. The molecular weight excluding hydrogens is 240 g/mol. The van der Waals surface area contributed by atoms with Crippen LogP contribution in [0.15, 0.2) is 0 Å². The van der Waals surface area contributed by atoms with E-state index in [1.807, 2.05) is 20.8 Å². The molecule has 1 N–H and O–H groups in total. The van der Waals surface area contributed by atoms with Crippen LogP contribution in [-0.4, -0.2) is 41.8 Å². The van der Waals surface area contributed by atoms with Crippen molar-refractivity contribution in [1.29, 1.82) is 0 Å². The molecule has 1 amide bonds. The molecule has 1 aliphatic heterocycles. The molecule has 2 rings (SSSR count). The van der Waals surface area contributed by atoms with Crippen molar-refractivity contribution >= 4 is 6.09 Å². The van der Waals surface area contributed by atoms with Gasteiger partial charge in [0.05, 0.1) is 0 Å². The highest BCUT2D eigenvalue weighted by Crippen LogP contribution is 2.29. The van der Waals surface area contributed by atoms with E-state index in [2.05, 4.69) is 12.2 Å². The maximum Gasteiger partial charge on any atom is 0.410 e. The fourth-order valence-corrected chi connectivity index (χ4v) is 3.11. The molecular formula is C15H28N2O2. The molecule has 0 aromatic rings. The lowest BCUT2D eigenvalue weighted by atomic mass is 9.98. The lowest BCUT2D eigenvalue weighted by Gasteiger charge is -2.42. The third-order valence-corrected chi connectivity index (χ3v) is 4.17. The van der Waals surface area contributed by atoms with Gasteiger partial charge in [0, 0.05) is 25.2 Å². The lowest BCUT2D eigenvalue weighted by molar-refractivity contribution is 0.00363. The smallest absolute Gasteiger partial charge is 0.410 e. The zero-order valence-electron chi connectivity index (χ0n) is 12.7. The summed E-state index contributed by atoms with van der Waals surface area (Å²) in [7, 11) is 0. The Hall–Kier alpha value is -0.770. The van der Waals surface area contributed by atoms with Crippen molar-refractivity contribution in [1.82, 2.24) is 10.2 Å². The standard InChI is InChI=1S/C15H28N2O2/c1-5-11-7-6-8-13(11)16-12-9-17(10-12)14(18)19-15(2,3)4/h11-13,16H,5-10H2,1-4H3. The molecule has 4 nitrogen and oxygen atoms in total. The Morgan fingerprint density at radius 2 is 2.00 bits per heavy atom. The Balaban J connectivity index is 1.70. The van der Waals surface area contributed by atoms with E-state index in [0.29, 0.717) is 12.1 Å². The second kappa shape index (κ2) is 5.70. The maximum atomic E-state index is 11.8. The summed E-state index contributed by atoms with van der Waals surface area (Å²) >= 11 is 0. The monoisotopic (exact) mass is 268 g/mol. The zero-order chi connectivity index (χ0) is 14.0. The molecule has 1 aliphatic carbocycles. The zero-order valence-corrected chi connectivity index (χ0v) is 12.7. The Morgan fingerprint density at radius 1 is 1.32 bits per heavy atom. The van der Waals surface area contributed by atoms with Crippen molar-refractivity contribution in [3.05, 3.63) is 0 Å². The second-order valence-corrected chi connectivity index (χ2v) is 6.95. The van der Waals surface area contributed by atoms with E-state index >= 15 is 0 Å². The summed E-state index contributed by atoms with van der Waals surface area (Å²) in [4.78, 5) is 13.6. The van der Waals surface area contributed by atoms with Crippen LogP contribution < -0.4 is 5.32 Å². The van der Waals surface area contributed by atoms with Crippen LogP contribution in [0.5, 0.6) is 0 Å². The number of ether oxygens (including phenoxy) is 1. The number of amides is 1. The molecule has 2 unspecified atom stereocenters. The first-order valence-corrected chi connectivity index (χ1v) is 7.63. The Kier molecular flexibility index (Phi) is 4.39. The average Bonchev–Trinajstić information content (AvgIpc) is 2.66. The van der Waals surface area contributed by atoms with Gasteiger partial charge in [-0.1, -0.05) is 19.8 Å². The molecule has 110 valence electrons. The van der Waals surface area contributed by atoms with Crippen LogP contribution in [0.1, 0.15) is 53.4 Å². The number of nitrogens with one attached hydrogen (secondary N) is 1. The van der Waals surface area contributed by atoms with Crippen LogP contribution in [0, 0.1) is 5.92 Å². The molecule has 0 bridgehead atoms. The van der Waals surface area contributed by atoms with E-state index in [1.165, 1.54) is 25.7 Å². The minimum absolute atomic E-state index is 0.177. The quantitative estimate of drug-likeness (QED) is 0.855. The van der Waals surface area contributed by atoms with Crippen LogP contribution in [0.25, 0.3) is 0 Å². The number of nitrogens with zero attached hydrogens (tertiary/aromatic N) is 1. The first kappa shape index (κ1) is 14.6. The van der Waals surface area contributed by atoms with Crippen LogP contribution in [-0.2, 0) is 4.74 Å². The van der Waals surface area contributed by atoms with E-state index in [9.17, 15) is 4.79 Å². The van der Waals surface area contributed by atoms with Gasteiger partial charge in [-0.3, -0.25) is 0 Å². The van der Waals surface area contributed by atoms with E-state index in [4.69, 9.17) is 4.74 Å². The van der Waals surface area contributed by atoms with Crippen LogP contribution in [0.2, 0.25) is 0 Å². The summed E-state index contributed by atoms with van der Waals surface area (Å²) < 4.78 is 5.36. The van der Waals surface area contributed by atoms with Gasteiger partial charge in [-0.05, 0) is 39.5 Å². The van der Waals surface area contributed by atoms with Gasteiger partial charge >= 0.3 is 6.09 Å². The van der Waals surface area contributed by atoms with E-state index in [1.54, 1.807) is 4.90 Å². The van der Waals surface area contributed by atoms with Crippen molar-refractivity contribution < 1.29 is 9.53 Å². The first-order chi connectivity index (χ1) is 8.89. The first-order valence-electron chi connectivity index (χ1n) is 7.63. The third kappa shape index (κ3) is 3.85. The molecule has 1 saturated carbocycles. The topological polar surface area (TPSA) is 41.6 Å². The number of hydrogen-bond acceptors (Lipinski definition) is 3. The van der Waals surface area contributed by atoms with E-state index in [-0.39, 0.29) is 6.09 Å². The van der Waals surface area contributed by atoms with Gasteiger partial charge in [0.25, 0.3) is 0 Å². The largest absolute Gasteiger partial charge is 0.444 e. The van der Waals surface area contributed by atoms with E-state index < -0.39 is 5.60 Å². The Morgan fingerprint density at radius 3 is 2.58 bits per heavy atom. The second-order valence-electron chi connectivity index (χ2n) is 6.95. The minimum atomic E-state index is -0.394. The molecule has 2 fully saturated rings. The van der Waals surface area contributed by atoms with Crippen molar-refractivity contribution in [2.75, 3.05) is 13.1 Å². The van der Waals surface area contributed by atoms with Gasteiger partial charge in [0.2, 0.25) is 0 Å². The highest BCUT2D eigenvalue weighted by molar-refractivity contribution is 5.69. The maximum absolute atomic E-state index is 11.8. The van der Waals surface area contributed by atoms with Crippen molar-refractivity contribution in [2.45, 2.75) is 71.1 Å². The predicted octanol–water partition coefficient (Wildman–Crippen LogP) is 2.77. The van der Waals surface area contributed by atoms with Gasteiger partial charge in [-0.2, -0.15) is 0 Å². The van der Waals surface area contributed by atoms with Gasteiger partial charge in [-0.25, -0.2) is 4.79 Å². The number of carbonyl (C=O) groups is 1. The lowest BCUT2D eigenvalue weighted by Crippen LogP contribution is -2.62. The molecule has 19 heavy (non-hydrogen) atoms. The molecule has 4 heteroatoms. The fraction of sp³-hybridized carbons (Fsp3) is 0.933. The number of likely N-dealkylation sites (tertiary alicyclic amines) is 1. The van der Waals surface area contributed by atoms with Gasteiger partial charge < -0.3 is 15.0 Å². The highest BCUT2D eigenvalue weighted by atomic mass is 16.6. The summed E-state index contributed by atoms with van der Waals surface area (Å²) in [5.41, 5.74) is -0.394. The SMILES string of the molecule is CCC1CCCC1NC1CN(C(=O)OC(C)(C)C)C1. The molecule has 1 heterocycles. The highest BCUT2D eigenvalue weighted by Gasteiger charge is 2.36. The minimum Gasteiger partial charge on any atom is -0.444 e. The summed E-state index contributed by atoms with van der Waals surface area (Å²) in [6.07, 6.45) is 5.08. The Labute approximate surface area is 116 Å². The molecule has 0 aromatic heterocycles. The van der Waals surface area contributed by atoms with Crippen LogP contribution in [0.3, 0.4) is 0 Å². The summed E-state index contributed by atoms with van der Waals surface area (Å²) in [6, 6.07) is 1.13.